The summed E-state index contributed by atoms with van der Waals surface area (Å²) in [6.45, 7) is 15.9. The van der Waals surface area contributed by atoms with E-state index in [1.54, 1.807) is 27.7 Å². The number of aliphatic carboxylic acids is 2. The molecule has 0 aliphatic carbocycles. The van der Waals surface area contributed by atoms with Crippen LogP contribution in [0.5, 0.6) is 0 Å². The zero-order valence-electron chi connectivity index (χ0n) is 17.4. The zero-order valence-corrected chi connectivity index (χ0v) is 19.4. The van der Waals surface area contributed by atoms with Gasteiger partial charge in [-0.05, 0) is 78.8 Å². The largest absolute Gasteiger partial charge is 0.481 e. The molecule has 0 saturated heterocycles. The Morgan fingerprint density at radius 1 is 0.760 bits per heavy atom. The SMILES string of the molecule is CC(C)(CCC[Si](C)(C)O[Si](C)(C)CCCC(C)(C)C(=O)O)C(=O)O. The molecule has 7 heteroatoms. The molecule has 2 N–H and O–H groups in total. The molecular weight excluding hydrogens is 352 g/mol. The van der Waals surface area contributed by atoms with Crippen molar-refractivity contribution in [2.75, 3.05) is 0 Å². The summed E-state index contributed by atoms with van der Waals surface area (Å²) in [5.41, 5.74) is -1.36. The van der Waals surface area contributed by atoms with Crippen LogP contribution in [0.2, 0.25) is 38.3 Å². The van der Waals surface area contributed by atoms with Crippen molar-refractivity contribution in [1.29, 1.82) is 0 Å². The van der Waals surface area contributed by atoms with E-state index in [-0.39, 0.29) is 0 Å². The minimum absolute atomic E-state index is 0.664. The number of hydrogen-bond acceptors (Lipinski definition) is 3. The van der Waals surface area contributed by atoms with Crippen LogP contribution in [0.1, 0.15) is 53.4 Å². The summed E-state index contributed by atoms with van der Waals surface area (Å²) in [7, 11) is -3.68. The predicted octanol–water partition coefficient (Wildman–Crippen LogP) is 5.20. The lowest BCUT2D eigenvalue weighted by Gasteiger charge is -2.35. The maximum Gasteiger partial charge on any atom is 0.309 e. The molecule has 0 saturated carbocycles. The Kier molecular flexibility index (Phi) is 8.58. The van der Waals surface area contributed by atoms with Crippen LogP contribution < -0.4 is 0 Å². The van der Waals surface area contributed by atoms with Crippen LogP contribution in [-0.2, 0) is 13.7 Å². The van der Waals surface area contributed by atoms with Crippen molar-refractivity contribution in [1.82, 2.24) is 0 Å². The van der Waals surface area contributed by atoms with Gasteiger partial charge in [0.05, 0.1) is 10.8 Å². The van der Waals surface area contributed by atoms with Gasteiger partial charge in [-0.25, -0.2) is 0 Å². The second-order valence-electron chi connectivity index (χ2n) is 9.71. The molecule has 0 rings (SSSR count). The Labute approximate surface area is 155 Å². The fraction of sp³-hybridized carbons (Fsp3) is 0.889. The maximum absolute atomic E-state index is 11.2. The first-order valence-electron chi connectivity index (χ1n) is 9.18. The van der Waals surface area contributed by atoms with Crippen LogP contribution in [0.4, 0.5) is 0 Å². The maximum atomic E-state index is 11.2. The smallest absolute Gasteiger partial charge is 0.309 e. The van der Waals surface area contributed by atoms with Gasteiger partial charge in [0.2, 0.25) is 0 Å². The highest BCUT2D eigenvalue weighted by atomic mass is 28.4. The van der Waals surface area contributed by atoms with Gasteiger partial charge in [0.25, 0.3) is 0 Å². The second-order valence-corrected chi connectivity index (χ2v) is 18.6. The average molecular weight is 391 g/mol. The Hall–Kier alpha value is -0.666. The Morgan fingerprint density at radius 2 is 1.04 bits per heavy atom. The van der Waals surface area contributed by atoms with Crippen LogP contribution in [0.3, 0.4) is 0 Å². The molecule has 0 heterocycles. The first-order valence-corrected chi connectivity index (χ1v) is 15.4. The molecule has 0 radical (unpaired) electrons. The Balaban J connectivity index is 4.46. The van der Waals surface area contributed by atoms with E-state index in [2.05, 4.69) is 26.2 Å². The Morgan fingerprint density at radius 3 is 1.28 bits per heavy atom. The highest BCUT2D eigenvalue weighted by molar-refractivity contribution is 6.84. The van der Waals surface area contributed by atoms with Crippen molar-refractivity contribution in [3.63, 3.8) is 0 Å². The van der Waals surface area contributed by atoms with Gasteiger partial charge >= 0.3 is 11.9 Å². The molecule has 148 valence electrons. The molecule has 0 atom stereocenters. The molecule has 0 aliphatic heterocycles. The van der Waals surface area contributed by atoms with E-state index in [0.29, 0.717) is 12.8 Å². The molecule has 25 heavy (non-hydrogen) atoms. The summed E-state index contributed by atoms with van der Waals surface area (Å²) in [5.74, 6) is -1.49. The fourth-order valence-corrected chi connectivity index (χ4v) is 11.8. The van der Waals surface area contributed by atoms with Crippen molar-refractivity contribution < 1.29 is 23.9 Å². The standard InChI is InChI=1S/C18H38O5Si2/c1-17(2,15(19)20)11-9-13-24(5,6)23-25(7,8)14-10-12-18(3,4)16(21)22/h9-14H2,1-8H3,(H,19,20)(H,21,22). The highest BCUT2D eigenvalue weighted by Gasteiger charge is 2.35. The van der Waals surface area contributed by atoms with Gasteiger partial charge in [-0.1, -0.05) is 12.8 Å². The normalized spacial score (nSPS) is 13.8. The monoisotopic (exact) mass is 390 g/mol. The molecule has 0 aliphatic rings. The van der Waals surface area contributed by atoms with Crippen molar-refractivity contribution in [3.8, 4) is 0 Å². The number of rotatable bonds is 12. The Bertz CT molecular complexity index is 428. The lowest BCUT2D eigenvalue weighted by atomic mass is 9.88. The summed E-state index contributed by atoms with van der Waals surface area (Å²) in [6.07, 6.45) is 3.07. The fourth-order valence-electron chi connectivity index (χ4n) is 2.98. The van der Waals surface area contributed by atoms with Gasteiger partial charge in [0.15, 0.2) is 16.6 Å². The predicted molar refractivity (Wildman–Crippen MR) is 107 cm³/mol. The number of carboxylic acid groups (broad SMARTS) is 2. The van der Waals surface area contributed by atoms with Crippen molar-refractivity contribution in [2.24, 2.45) is 10.8 Å². The van der Waals surface area contributed by atoms with Crippen LogP contribution in [0.15, 0.2) is 0 Å². The highest BCUT2D eigenvalue weighted by Crippen LogP contribution is 2.31. The summed E-state index contributed by atoms with van der Waals surface area (Å²) < 4.78 is 6.56. The molecule has 5 nitrogen and oxygen atoms in total. The van der Waals surface area contributed by atoms with E-state index in [1.807, 2.05) is 0 Å². The molecule has 0 unspecified atom stereocenters. The molecule has 0 bridgehead atoms. The van der Waals surface area contributed by atoms with Crippen LogP contribution >= 0.6 is 0 Å². The zero-order chi connectivity index (χ0) is 20.1. The van der Waals surface area contributed by atoms with Gasteiger partial charge in [-0.2, -0.15) is 0 Å². The van der Waals surface area contributed by atoms with E-state index >= 15 is 0 Å². The summed E-state index contributed by atoms with van der Waals surface area (Å²) >= 11 is 0. The second kappa shape index (κ2) is 8.82. The minimum atomic E-state index is -1.84. The third-order valence-corrected chi connectivity index (χ3v) is 12.4. The third kappa shape index (κ3) is 9.56. The third-order valence-electron chi connectivity index (χ3n) is 4.87. The number of carboxylic acids is 2. The van der Waals surface area contributed by atoms with E-state index in [4.69, 9.17) is 4.12 Å². The molecular formula is C18H38O5Si2. The molecule has 0 spiro atoms. The quantitative estimate of drug-likeness (QED) is 0.448. The first-order chi connectivity index (χ1) is 11.0. The van der Waals surface area contributed by atoms with Crippen LogP contribution in [0.25, 0.3) is 0 Å². The van der Waals surface area contributed by atoms with Crippen molar-refractivity contribution in [3.05, 3.63) is 0 Å². The van der Waals surface area contributed by atoms with Gasteiger partial charge < -0.3 is 14.3 Å². The molecule has 0 aromatic carbocycles. The molecule has 0 fully saturated rings. The van der Waals surface area contributed by atoms with Crippen molar-refractivity contribution in [2.45, 2.75) is 91.7 Å². The number of carbonyl (C=O) groups is 2. The van der Waals surface area contributed by atoms with Gasteiger partial charge in [-0.15, -0.1) is 0 Å². The summed E-state index contributed by atoms with van der Waals surface area (Å²) in [4.78, 5) is 22.4. The molecule has 0 amide bonds. The lowest BCUT2D eigenvalue weighted by molar-refractivity contribution is -0.148. The minimum Gasteiger partial charge on any atom is -0.481 e. The van der Waals surface area contributed by atoms with Crippen LogP contribution in [0, 0.1) is 10.8 Å². The summed E-state index contributed by atoms with van der Waals surface area (Å²) in [6, 6.07) is 1.92. The van der Waals surface area contributed by atoms with E-state index < -0.39 is 39.4 Å². The van der Waals surface area contributed by atoms with E-state index in [1.165, 1.54) is 0 Å². The topological polar surface area (TPSA) is 83.8 Å². The number of hydrogen-bond donors (Lipinski definition) is 2. The molecule has 0 aromatic heterocycles. The summed E-state index contributed by atoms with van der Waals surface area (Å²) in [5, 5.41) is 18.4. The van der Waals surface area contributed by atoms with Crippen LogP contribution in [-0.4, -0.2) is 38.8 Å². The van der Waals surface area contributed by atoms with Gasteiger partial charge in [0.1, 0.15) is 0 Å². The average Bonchev–Trinajstić information content (AvgIpc) is 2.35. The molecule has 0 aromatic rings. The van der Waals surface area contributed by atoms with E-state index in [0.717, 1.165) is 24.9 Å². The van der Waals surface area contributed by atoms with Crippen molar-refractivity contribution >= 4 is 28.6 Å². The van der Waals surface area contributed by atoms with E-state index in [9.17, 15) is 19.8 Å². The first kappa shape index (κ1) is 24.3. The van der Waals surface area contributed by atoms with Gasteiger partial charge in [-0.3, -0.25) is 9.59 Å². The van der Waals surface area contributed by atoms with Gasteiger partial charge in [0, 0.05) is 0 Å². The lowest BCUT2D eigenvalue weighted by Crippen LogP contribution is -2.44.